The van der Waals surface area contributed by atoms with Crippen molar-refractivity contribution in [1.82, 2.24) is 14.5 Å². The molecule has 0 fully saturated rings. The SMILES string of the molecule is Cc1cccc(C)c1NC(=O)CN(C)C(=O)CSc1ncc(-c2ccccc2)n1C. The summed E-state index contributed by atoms with van der Waals surface area (Å²) in [7, 11) is 3.57. The molecular weight excluding hydrogens is 396 g/mol. The Morgan fingerprint density at radius 1 is 1.07 bits per heavy atom. The van der Waals surface area contributed by atoms with Crippen LogP contribution in [0.2, 0.25) is 0 Å². The smallest absolute Gasteiger partial charge is 0.243 e. The Morgan fingerprint density at radius 3 is 2.40 bits per heavy atom. The van der Waals surface area contributed by atoms with Crippen molar-refractivity contribution in [2.45, 2.75) is 19.0 Å². The van der Waals surface area contributed by atoms with Crippen LogP contribution in [0.15, 0.2) is 59.9 Å². The molecule has 156 valence electrons. The number of amides is 2. The van der Waals surface area contributed by atoms with E-state index in [0.29, 0.717) is 0 Å². The fourth-order valence-electron chi connectivity index (χ4n) is 3.13. The topological polar surface area (TPSA) is 67.2 Å². The Balaban J connectivity index is 1.55. The summed E-state index contributed by atoms with van der Waals surface area (Å²) in [4.78, 5) is 30.8. The Hall–Kier alpha value is -3.06. The van der Waals surface area contributed by atoms with Crippen LogP contribution in [0.25, 0.3) is 11.3 Å². The number of para-hydroxylation sites is 1. The minimum Gasteiger partial charge on any atom is -0.336 e. The first kappa shape index (κ1) is 21.6. The van der Waals surface area contributed by atoms with Gasteiger partial charge in [-0.1, -0.05) is 60.3 Å². The number of imidazole rings is 1. The Morgan fingerprint density at radius 2 is 1.73 bits per heavy atom. The molecule has 1 aromatic heterocycles. The summed E-state index contributed by atoms with van der Waals surface area (Å²) in [6.07, 6.45) is 1.81. The highest BCUT2D eigenvalue weighted by Gasteiger charge is 2.16. The quantitative estimate of drug-likeness (QED) is 0.587. The number of aromatic nitrogens is 2. The number of likely N-dealkylation sites (N-methyl/N-ethyl adjacent to an activating group) is 1. The van der Waals surface area contributed by atoms with Gasteiger partial charge in [-0.3, -0.25) is 9.59 Å². The van der Waals surface area contributed by atoms with Crippen molar-refractivity contribution in [3.05, 3.63) is 65.9 Å². The summed E-state index contributed by atoms with van der Waals surface area (Å²) in [5, 5.41) is 3.67. The molecule has 0 aliphatic carbocycles. The fourth-order valence-corrected chi connectivity index (χ4v) is 4.03. The lowest BCUT2D eigenvalue weighted by Crippen LogP contribution is -2.36. The molecule has 30 heavy (non-hydrogen) atoms. The fraction of sp³-hybridized carbons (Fsp3) is 0.261. The lowest BCUT2D eigenvalue weighted by atomic mass is 10.1. The van der Waals surface area contributed by atoms with Gasteiger partial charge < -0.3 is 14.8 Å². The predicted molar refractivity (Wildman–Crippen MR) is 122 cm³/mol. The largest absolute Gasteiger partial charge is 0.336 e. The number of rotatable bonds is 7. The first-order valence-electron chi connectivity index (χ1n) is 9.66. The van der Waals surface area contributed by atoms with E-state index in [1.807, 2.05) is 80.2 Å². The highest BCUT2D eigenvalue weighted by molar-refractivity contribution is 7.99. The summed E-state index contributed by atoms with van der Waals surface area (Å²) in [5.41, 5.74) is 4.87. The molecule has 0 bridgehead atoms. The minimum atomic E-state index is -0.211. The normalized spacial score (nSPS) is 10.7. The van der Waals surface area contributed by atoms with Gasteiger partial charge in [0, 0.05) is 19.8 Å². The van der Waals surface area contributed by atoms with E-state index in [-0.39, 0.29) is 24.1 Å². The van der Waals surface area contributed by atoms with Crippen molar-refractivity contribution in [3.63, 3.8) is 0 Å². The third-order valence-corrected chi connectivity index (χ3v) is 5.92. The second kappa shape index (κ2) is 9.63. The molecule has 1 heterocycles. The zero-order valence-corrected chi connectivity index (χ0v) is 18.5. The van der Waals surface area contributed by atoms with Crippen LogP contribution in [-0.2, 0) is 16.6 Å². The predicted octanol–water partition coefficient (Wildman–Crippen LogP) is 3.89. The number of carbonyl (C=O) groups is 2. The molecule has 0 aliphatic heterocycles. The first-order valence-corrected chi connectivity index (χ1v) is 10.7. The molecule has 1 N–H and O–H groups in total. The molecular formula is C23H26N4O2S. The number of benzene rings is 2. The molecule has 7 heteroatoms. The number of hydrogen-bond donors (Lipinski definition) is 1. The van der Waals surface area contributed by atoms with Crippen LogP contribution in [0, 0.1) is 13.8 Å². The van der Waals surface area contributed by atoms with Crippen molar-refractivity contribution in [3.8, 4) is 11.3 Å². The van der Waals surface area contributed by atoms with Gasteiger partial charge in [0.1, 0.15) is 0 Å². The molecule has 3 aromatic rings. The summed E-state index contributed by atoms with van der Waals surface area (Å²) < 4.78 is 1.97. The van der Waals surface area contributed by atoms with Gasteiger partial charge in [-0.2, -0.15) is 0 Å². The van der Waals surface area contributed by atoms with Gasteiger partial charge in [-0.05, 0) is 30.5 Å². The van der Waals surface area contributed by atoms with E-state index in [9.17, 15) is 9.59 Å². The van der Waals surface area contributed by atoms with Gasteiger partial charge in [-0.15, -0.1) is 0 Å². The number of anilines is 1. The number of aryl methyl sites for hydroxylation is 2. The standard InChI is InChI=1S/C23H26N4O2S/c1-16-9-8-10-17(2)22(16)25-20(28)14-26(3)21(29)15-30-23-24-13-19(27(23)4)18-11-6-5-7-12-18/h5-13H,14-15H2,1-4H3,(H,25,28). The maximum absolute atomic E-state index is 12.5. The number of nitrogens with one attached hydrogen (secondary N) is 1. The lowest BCUT2D eigenvalue weighted by molar-refractivity contribution is -0.131. The monoisotopic (exact) mass is 422 g/mol. The summed E-state index contributed by atoms with van der Waals surface area (Å²) in [6.45, 7) is 3.90. The van der Waals surface area contributed by atoms with Gasteiger partial charge in [0.05, 0.1) is 24.2 Å². The van der Waals surface area contributed by atoms with Crippen molar-refractivity contribution in [2.75, 3.05) is 24.7 Å². The van der Waals surface area contributed by atoms with Crippen molar-refractivity contribution >= 4 is 29.3 Å². The number of thioether (sulfide) groups is 1. The van der Waals surface area contributed by atoms with E-state index < -0.39 is 0 Å². The Labute approximate surface area is 181 Å². The second-order valence-electron chi connectivity index (χ2n) is 7.20. The van der Waals surface area contributed by atoms with Gasteiger partial charge in [0.15, 0.2) is 5.16 Å². The number of nitrogens with zero attached hydrogens (tertiary/aromatic N) is 3. The molecule has 0 unspecified atom stereocenters. The summed E-state index contributed by atoms with van der Waals surface area (Å²) >= 11 is 1.36. The van der Waals surface area contributed by atoms with Crippen LogP contribution >= 0.6 is 11.8 Å². The molecule has 0 spiro atoms. The zero-order valence-electron chi connectivity index (χ0n) is 17.7. The maximum atomic E-state index is 12.5. The van der Waals surface area contributed by atoms with Gasteiger partial charge in [-0.25, -0.2) is 4.98 Å². The van der Waals surface area contributed by atoms with Crippen LogP contribution in [0.3, 0.4) is 0 Å². The van der Waals surface area contributed by atoms with E-state index in [1.54, 1.807) is 7.05 Å². The average Bonchev–Trinajstić information content (AvgIpc) is 3.10. The molecule has 3 rings (SSSR count). The highest BCUT2D eigenvalue weighted by atomic mass is 32.2. The van der Waals surface area contributed by atoms with Crippen molar-refractivity contribution in [1.29, 1.82) is 0 Å². The van der Waals surface area contributed by atoms with E-state index in [4.69, 9.17) is 0 Å². The van der Waals surface area contributed by atoms with Crippen LogP contribution in [0.4, 0.5) is 5.69 Å². The molecule has 6 nitrogen and oxygen atoms in total. The third kappa shape index (κ3) is 5.10. The average molecular weight is 423 g/mol. The molecule has 2 amide bonds. The van der Waals surface area contributed by atoms with E-state index in [1.165, 1.54) is 16.7 Å². The lowest BCUT2D eigenvalue weighted by Gasteiger charge is -2.18. The molecule has 0 atom stereocenters. The second-order valence-corrected chi connectivity index (χ2v) is 8.15. The molecule has 0 aliphatic rings. The molecule has 0 saturated carbocycles. The maximum Gasteiger partial charge on any atom is 0.243 e. The van der Waals surface area contributed by atoms with Gasteiger partial charge >= 0.3 is 0 Å². The van der Waals surface area contributed by atoms with Crippen LogP contribution < -0.4 is 5.32 Å². The number of carbonyl (C=O) groups excluding carboxylic acids is 2. The van der Waals surface area contributed by atoms with Crippen molar-refractivity contribution < 1.29 is 9.59 Å². The summed E-state index contributed by atoms with van der Waals surface area (Å²) in [5.74, 6) is -0.121. The summed E-state index contributed by atoms with van der Waals surface area (Å²) in [6, 6.07) is 15.8. The van der Waals surface area contributed by atoms with Crippen LogP contribution in [-0.4, -0.2) is 45.6 Å². The van der Waals surface area contributed by atoms with Gasteiger partial charge in [0.25, 0.3) is 0 Å². The third-order valence-electron chi connectivity index (χ3n) is 4.89. The molecule has 0 radical (unpaired) electrons. The molecule has 0 saturated heterocycles. The van der Waals surface area contributed by atoms with Crippen molar-refractivity contribution in [2.24, 2.45) is 7.05 Å². The first-order chi connectivity index (χ1) is 14.4. The van der Waals surface area contributed by atoms with E-state index in [0.717, 1.165) is 33.2 Å². The van der Waals surface area contributed by atoms with Crippen LogP contribution in [0.5, 0.6) is 0 Å². The molecule has 2 aromatic carbocycles. The number of hydrogen-bond acceptors (Lipinski definition) is 4. The van der Waals surface area contributed by atoms with Crippen LogP contribution in [0.1, 0.15) is 11.1 Å². The van der Waals surface area contributed by atoms with E-state index in [2.05, 4.69) is 10.3 Å². The Kier molecular flexibility index (Phi) is 6.95. The van der Waals surface area contributed by atoms with Gasteiger partial charge in [0.2, 0.25) is 11.8 Å². The Bertz CT molecular complexity index is 1030. The zero-order chi connectivity index (χ0) is 21.7. The highest BCUT2D eigenvalue weighted by Crippen LogP contribution is 2.25. The minimum absolute atomic E-state index is 0.00297. The van der Waals surface area contributed by atoms with E-state index >= 15 is 0 Å².